The molecule has 4 atom stereocenters. The van der Waals surface area contributed by atoms with Gasteiger partial charge in [0.1, 0.15) is 24.6 Å². The van der Waals surface area contributed by atoms with Gasteiger partial charge in [0.2, 0.25) is 11.6 Å². The number of hydrogen-bond donors (Lipinski definition) is 4. The number of benzene rings is 2. The molecule has 0 saturated carbocycles. The minimum atomic E-state index is -0.957. The van der Waals surface area contributed by atoms with Crippen LogP contribution in [0.25, 0.3) is 10.9 Å². The van der Waals surface area contributed by atoms with Gasteiger partial charge in [0.25, 0.3) is 0 Å². The van der Waals surface area contributed by atoms with Crippen molar-refractivity contribution in [2.75, 3.05) is 72.1 Å². The highest BCUT2D eigenvalue weighted by atomic mass is 35.5. The number of carbonyl (C=O) groups excluding carboxylic acids is 3. The van der Waals surface area contributed by atoms with E-state index in [1.807, 2.05) is 17.0 Å². The summed E-state index contributed by atoms with van der Waals surface area (Å²) in [5.41, 5.74) is 12.0. The van der Waals surface area contributed by atoms with Crippen LogP contribution in [-0.4, -0.2) is 122 Å². The summed E-state index contributed by atoms with van der Waals surface area (Å²) in [6, 6.07) is 8.20. The third-order valence-electron chi connectivity index (χ3n) is 10.6. The van der Waals surface area contributed by atoms with Gasteiger partial charge in [-0.05, 0) is 37.6 Å². The lowest BCUT2D eigenvalue weighted by Gasteiger charge is -2.39. The van der Waals surface area contributed by atoms with Crippen LogP contribution in [0.1, 0.15) is 13.3 Å². The highest BCUT2D eigenvalue weighted by Crippen LogP contribution is 2.55. The second-order valence-electron chi connectivity index (χ2n) is 13.6. The highest BCUT2D eigenvalue weighted by Gasteiger charge is 2.72. The van der Waals surface area contributed by atoms with Crippen LogP contribution in [0, 0.1) is 11.7 Å². The number of nitrogens with one attached hydrogen (secondary N) is 2. The van der Waals surface area contributed by atoms with E-state index in [2.05, 4.69) is 25.5 Å². The molecule has 18 heteroatoms. The van der Waals surface area contributed by atoms with E-state index in [1.165, 1.54) is 32.5 Å². The lowest BCUT2D eigenvalue weighted by molar-refractivity contribution is -0.137. The van der Waals surface area contributed by atoms with Gasteiger partial charge in [-0.2, -0.15) is 0 Å². The molecule has 5 heterocycles. The van der Waals surface area contributed by atoms with Gasteiger partial charge < -0.3 is 50.7 Å². The number of carbonyl (C=O) groups is 3. The summed E-state index contributed by atoms with van der Waals surface area (Å²) in [7, 11) is 3.12. The molecule has 1 aromatic heterocycles. The molecule has 0 radical (unpaired) electrons. The first kappa shape index (κ1) is 38.2. The van der Waals surface area contributed by atoms with Gasteiger partial charge in [-0.15, -0.1) is 0 Å². The normalized spacial score (nSPS) is 24.2. The number of ether oxygens (including phenoxy) is 5. The average molecular weight is 781 g/mol. The first-order valence-electron chi connectivity index (χ1n) is 17.8. The molecule has 1 aliphatic carbocycles. The molecule has 292 valence electrons. The summed E-state index contributed by atoms with van der Waals surface area (Å²) in [5, 5.41) is 7.24. The van der Waals surface area contributed by atoms with E-state index < -0.39 is 29.3 Å². The van der Waals surface area contributed by atoms with Crippen LogP contribution >= 0.6 is 11.6 Å². The van der Waals surface area contributed by atoms with Crippen molar-refractivity contribution in [3.63, 3.8) is 0 Å². The van der Waals surface area contributed by atoms with Crippen LogP contribution in [-0.2, 0) is 23.8 Å². The van der Waals surface area contributed by atoms with Crippen molar-refractivity contribution in [3.8, 4) is 11.5 Å². The third-order valence-corrected chi connectivity index (χ3v) is 10.8. The third kappa shape index (κ3) is 7.13. The fourth-order valence-corrected chi connectivity index (χ4v) is 7.93. The number of morpholine rings is 1. The Morgan fingerprint density at radius 1 is 1.15 bits per heavy atom. The van der Waals surface area contributed by atoms with Crippen LogP contribution in [0.3, 0.4) is 0 Å². The summed E-state index contributed by atoms with van der Waals surface area (Å²) >= 11 is 5.90. The molecule has 3 saturated heterocycles. The van der Waals surface area contributed by atoms with Crippen molar-refractivity contribution in [2.24, 2.45) is 17.4 Å². The minimum absolute atomic E-state index is 0.0364. The second kappa shape index (κ2) is 15.6. The lowest BCUT2D eigenvalue weighted by atomic mass is 9.82. The molecule has 0 unspecified atom stereocenters. The maximum Gasteiger partial charge on any atom is 0.404 e. The predicted molar refractivity (Wildman–Crippen MR) is 198 cm³/mol. The molecule has 6 N–H and O–H groups in total. The van der Waals surface area contributed by atoms with E-state index in [0.29, 0.717) is 47.4 Å². The van der Waals surface area contributed by atoms with Crippen molar-refractivity contribution < 1.29 is 42.5 Å². The van der Waals surface area contributed by atoms with Gasteiger partial charge in [0, 0.05) is 67.6 Å². The van der Waals surface area contributed by atoms with E-state index in [9.17, 15) is 18.8 Å². The van der Waals surface area contributed by atoms with Crippen LogP contribution < -0.4 is 31.6 Å². The Bertz CT molecular complexity index is 2090. The van der Waals surface area contributed by atoms with Crippen LogP contribution in [0.2, 0.25) is 5.02 Å². The molecule has 16 nitrogen and oxygen atoms in total. The summed E-state index contributed by atoms with van der Waals surface area (Å²) in [6.45, 7) is 6.92. The summed E-state index contributed by atoms with van der Waals surface area (Å²) < 4.78 is 41.2. The van der Waals surface area contributed by atoms with Crippen molar-refractivity contribution in [2.45, 2.75) is 31.2 Å². The Balaban J connectivity index is 0.000000174. The average Bonchev–Trinajstić information content (AvgIpc) is 3.80. The standard InChI is InChI=1S/C22H24ClFN4O3.C15H18N4O5/c1-29-20-13-19-16(12-21(20)31-8-2-5-28-6-9-30-10-7-28)22(26-14-25-19)27-15-3-4-18(24)17(23)11-15;1-5-9(16)12(21)8-6(4-24-14(17)22)15(23-2)13-7(18-13)3-19(15)10(8)11(5)20/h3-4,11-14H,2,5-10H2,1H3,(H,25,26,27);6-7,13,18H,3-4,16H2,1-2H3,(H2,17,22)/t;6-,7+,13+,15-/m.1/s1. The Labute approximate surface area is 320 Å². The van der Waals surface area contributed by atoms with Gasteiger partial charge in [-0.3, -0.25) is 14.5 Å². The first-order chi connectivity index (χ1) is 26.5. The number of anilines is 2. The molecule has 4 aliphatic heterocycles. The van der Waals surface area contributed by atoms with Crippen LogP contribution in [0.5, 0.6) is 11.5 Å². The van der Waals surface area contributed by atoms with Crippen LogP contribution in [0.4, 0.5) is 20.7 Å². The number of fused-ring (bicyclic) bond motifs is 5. The smallest absolute Gasteiger partial charge is 0.404 e. The Morgan fingerprint density at radius 3 is 2.64 bits per heavy atom. The Hall–Kier alpha value is -5.07. The Kier molecular flexibility index (Phi) is 10.8. The van der Waals surface area contributed by atoms with E-state index in [0.717, 1.165) is 44.7 Å². The van der Waals surface area contributed by atoms with Crippen molar-refractivity contribution in [1.29, 1.82) is 0 Å². The number of halogens is 2. The number of primary amides is 1. The second-order valence-corrected chi connectivity index (χ2v) is 14.0. The summed E-state index contributed by atoms with van der Waals surface area (Å²) in [6.07, 6.45) is 1.40. The number of piperazine rings is 1. The number of Topliss-reactive ketones (excluding diaryl/α,β-unsaturated/α-hetero) is 2. The molecule has 1 amide bonds. The molecule has 5 aliphatic rings. The quantitative estimate of drug-likeness (QED) is 0.125. The maximum atomic E-state index is 13.5. The number of rotatable bonds is 11. The van der Waals surface area contributed by atoms with E-state index in [1.54, 1.807) is 13.2 Å². The molecule has 0 spiro atoms. The molecule has 2 aromatic carbocycles. The molecule has 0 bridgehead atoms. The zero-order valence-electron chi connectivity index (χ0n) is 30.5. The predicted octanol–water partition coefficient (Wildman–Crippen LogP) is 2.62. The fraction of sp³-hybridized carbons (Fsp3) is 0.432. The van der Waals surface area contributed by atoms with Crippen molar-refractivity contribution >= 4 is 51.7 Å². The number of ketones is 2. The number of methoxy groups -OCH3 is 2. The van der Waals surface area contributed by atoms with Crippen molar-refractivity contribution in [1.82, 2.24) is 25.1 Å². The largest absolute Gasteiger partial charge is 0.493 e. The zero-order chi connectivity index (χ0) is 39.0. The summed E-state index contributed by atoms with van der Waals surface area (Å²) in [5.74, 6) is -0.0289. The number of nitrogens with zero attached hydrogens (tertiary/aromatic N) is 4. The highest BCUT2D eigenvalue weighted by molar-refractivity contribution is 6.31. The Morgan fingerprint density at radius 2 is 1.93 bits per heavy atom. The van der Waals surface area contributed by atoms with E-state index in [4.69, 9.17) is 46.8 Å². The number of aromatic nitrogens is 2. The van der Waals surface area contributed by atoms with Gasteiger partial charge >= 0.3 is 6.09 Å². The van der Waals surface area contributed by atoms with Crippen molar-refractivity contribution in [3.05, 3.63) is 70.0 Å². The minimum Gasteiger partial charge on any atom is -0.493 e. The molecule has 8 rings (SSSR count). The topological polar surface area (TPSA) is 216 Å². The number of amides is 1. The number of allylic oxidation sites excluding steroid dienone is 2. The maximum absolute atomic E-state index is 13.5. The summed E-state index contributed by atoms with van der Waals surface area (Å²) in [4.78, 5) is 49.5. The molecular formula is C37H42ClFN8O8. The van der Waals surface area contributed by atoms with Crippen LogP contribution in [0.15, 0.2) is 59.2 Å². The first-order valence-corrected chi connectivity index (χ1v) is 18.1. The number of nitrogens with two attached hydrogens (primary N) is 2. The monoisotopic (exact) mass is 780 g/mol. The van der Waals surface area contributed by atoms with Gasteiger partial charge in [-0.1, -0.05) is 11.6 Å². The molecule has 3 aromatic rings. The molecular weight excluding hydrogens is 739 g/mol. The molecule has 55 heavy (non-hydrogen) atoms. The lowest BCUT2D eigenvalue weighted by Crippen LogP contribution is -2.55. The van der Waals surface area contributed by atoms with Gasteiger partial charge in [0.05, 0.1) is 60.8 Å². The molecule has 3 fully saturated rings. The van der Waals surface area contributed by atoms with E-state index in [-0.39, 0.29) is 46.3 Å². The van der Waals surface area contributed by atoms with Gasteiger partial charge in [-0.25, -0.2) is 19.2 Å². The fourth-order valence-electron chi connectivity index (χ4n) is 7.75. The van der Waals surface area contributed by atoms with Gasteiger partial charge in [0.15, 0.2) is 17.2 Å². The number of hydrogen-bond acceptors (Lipinski definition) is 15. The van der Waals surface area contributed by atoms with E-state index >= 15 is 0 Å². The SMILES string of the molecule is CO[C@@]12[C@H](COC(N)=O)C3=C(C(=O)C(C)=C(N)C3=O)N1C[C@@H]1N[C@@H]12.COc1cc2ncnc(Nc3ccc(F)c(Cl)c3)c2cc1OCCCN1CCOCC1. The zero-order valence-corrected chi connectivity index (χ0v) is 31.3.